The molecule has 0 aromatic carbocycles. The number of aliphatic hydroxyl groups is 1. The van der Waals surface area contributed by atoms with Gasteiger partial charge in [-0.3, -0.25) is 9.78 Å². The van der Waals surface area contributed by atoms with Crippen LogP contribution in [0.15, 0.2) is 12.4 Å². The molecule has 0 spiro atoms. The van der Waals surface area contributed by atoms with Crippen molar-refractivity contribution in [1.29, 1.82) is 0 Å². The van der Waals surface area contributed by atoms with E-state index in [4.69, 9.17) is 0 Å². The average Bonchev–Trinajstić information content (AvgIpc) is 2.47. The van der Waals surface area contributed by atoms with E-state index in [-0.39, 0.29) is 12.0 Å². The summed E-state index contributed by atoms with van der Waals surface area (Å²) in [6.45, 7) is 5.86. The second-order valence-electron chi connectivity index (χ2n) is 5.19. The summed E-state index contributed by atoms with van der Waals surface area (Å²) in [7, 11) is 0. The third-order valence-electron chi connectivity index (χ3n) is 3.72. The predicted molar refractivity (Wildman–Crippen MR) is 76.5 cm³/mol. The van der Waals surface area contributed by atoms with E-state index in [0.29, 0.717) is 30.5 Å². The van der Waals surface area contributed by atoms with Gasteiger partial charge in [-0.15, -0.1) is 0 Å². The SMILES string of the molecule is CCNc1cncc(C(=O)N2CCC(C(C)O)CC2)n1. The molecule has 20 heavy (non-hydrogen) atoms. The van der Waals surface area contributed by atoms with E-state index in [2.05, 4.69) is 15.3 Å². The Bertz CT molecular complexity index is 456. The van der Waals surface area contributed by atoms with Crippen LogP contribution in [0.3, 0.4) is 0 Å². The molecule has 0 bridgehead atoms. The van der Waals surface area contributed by atoms with Gasteiger partial charge >= 0.3 is 0 Å². The van der Waals surface area contributed by atoms with E-state index >= 15 is 0 Å². The molecule has 1 aromatic rings. The molecule has 6 heteroatoms. The Kier molecular flexibility index (Phi) is 4.89. The van der Waals surface area contributed by atoms with E-state index in [0.717, 1.165) is 19.4 Å². The fourth-order valence-corrected chi connectivity index (χ4v) is 2.48. The number of aromatic nitrogens is 2. The molecule has 1 aliphatic heterocycles. The van der Waals surface area contributed by atoms with Gasteiger partial charge in [0.15, 0.2) is 0 Å². The summed E-state index contributed by atoms with van der Waals surface area (Å²) in [6.07, 6.45) is 4.49. The van der Waals surface area contributed by atoms with Crippen molar-refractivity contribution in [1.82, 2.24) is 14.9 Å². The minimum atomic E-state index is -0.302. The van der Waals surface area contributed by atoms with Crippen molar-refractivity contribution in [3.63, 3.8) is 0 Å². The van der Waals surface area contributed by atoms with Crippen LogP contribution in [0.2, 0.25) is 0 Å². The van der Waals surface area contributed by atoms with Crippen LogP contribution in [-0.2, 0) is 0 Å². The highest BCUT2D eigenvalue weighted by Gasteiger charge is 2.26. The maximum atomic E-state index is 12.4. The Balaban J connectivity index is 2.00. The number of piperidine rings is 1. The molecule has 0 aliphatic carbocycles. The van der Waals surface area contributed by atoms with Gasteiger partial charge in [0.05, 0.1) is 18.5 Å². The molecule has 1 saturated heterocycles. The van der Waals surface area contributed by atoms with Gasteiger partial charge in [0.25, 0.3) is 5.91 Å². The van der Waals surface area contributed by atoms with E-state index in [1.165, 1.54) is 6.20 Å². The summed E-state index contributed by atoms with van der Waals surface area (Å²) in [5, 5.41) is 12.6. The highest BCUT2D eigenvalue weighted by atomic mass is 16.3. The lowest BCUT2D eigenvalue weighted by atomic mass is 9.92. The van der Waals surface area contributed by atoms with Gasteiger partial charge in [-0.05, 0) is 32.6 Å². The Hall–Kier alpha value is -1.69. The number of hydrogen-bond donors (Lipinski definition) is 2. The average molecular weight is 278 g/mol. The van der Waals surface area contributed by atoms with Crippen LogP contribution in [0.4, 0.5) is 5.82 Å². The highest BCUT2D eigenvalue weighted by molar-refractivity contribution is 5.92. The standard InChI is InChI=1S/C14H22N4O2/c1-3-16-13-9-15-8-12(17-13)14(20)18-6-4-11(5-7-18)10(2)19/h8-11,19H,3-7H2,1-2H3,(H,16,17). The molecule has 110 valence electrons. The van der Waals surface area contributed by atoms with Crippen molar-refractivity contribution in [3.05, 3.63) is 18.1 Å². The molecule has 1 unspecified atom stereocenters. The van der Waals surface area contributed by atoms with Crippen molar-refractivity contribution in [3.8, 4) is 0 Å². The summed E-state index contributed by atoms with van der Waals surface area (Å²) in [4.78, 5) is 22.5. The number of likely N-dealkylation sites (tertiary alicyclic amines) is 1. The summed E-state index contributed by atoms with van der Waals surface area (Å²) in [6, 6.07) is 0. The Labute approximate surface area is 119 Å². The van der Waals surface area contributed by atoms with Crippen molar-refractivity contribution < 1.29 is 9.90 Å². The third kappa shape index (κ3) is 3.45. The van der Waals surface area contributed by atoms with E-state index in [1.807, 2.05) is 13.8 Å². The van der Waals surface area contributed by atoms with E-state index in [9.17, 15) is 9.90 Å². The maximum Gasteiger partial charge on any atom is 0.274 e. The molecule has 0 radical (unpaired) electrons. The van der Waals surface area contributed by atoms with Crippen molar-refractivity contribution >= 4 is 11.7 Å². The molecule has 1 amide bonds. The molecule has 6 nitrogen and oxygen atoms in total. The number of hydrogen-bond acceptors (Lipinski definition) is 5. The number of carbonyl (C=O) groups excluding carboxylic acids is 1. The first-order valence-corrected chi connectivity index (χ1v) is 7.15. The molecule has 2 N–H and O–H groups in total. The summed E-state index contributed by atoms with van der Waals surface area (Å²) in [5.74, 6) is 0.830. The maximum absolute atomic E-state index is 12.4. The molecule has 1 aromatic heterocycles. The molecule has 0 saturated carbocycles. The van der Waals surface area contributed by atoms with Gasteiger partial charge in [0, 0.05) is 19.6 Å². The van der Waals surface area contributed by atoms with Crippen molar-refractivity contribution in [2.24, 2.45) is 5.92 Å². The van der Waals surface area contributed by atoms with Crippen LogP contribution >= 0.6 is 0 Å². The van der Waals surface area contributed by atoms with Crippen LogP contribution in [0, 0.1) is 5.92 Å². The number of nitrogens with one attached hydrogen (secondary N) is 1. The second kappa shape index (κ2) is 6.65. The number of amides is 1. The molecule has 2 rings (SSSR count). The predicted octanol–water partition coefficient (Wildman–Crippen LogP) is 1.14. The fraction of sp³-hybridized carbons (Fsp3) is 0.643. The first-order chi connectivity index (χ1) is 9.61. The first-order valence-electron chi connectivity index (χ1n) is 7.15. The van der Waals surface area contributed by atoms with Gasteiger partial charge in [-0.25, -0.2) is 4.98 Å². The monoisotopic (exact) mass is 278 g/mol. The zero-order valence-corrected chi connectivity index (χ0v) is 12.0. The number of aliphatic hydroxyl groups excluding tert-OH is 1. The largest absolute Gasteiger partial charge is 0.393 e. The van der Waals surface area contributed by atoms with Crippen LogP contribution in [-0.4, -0.2) is 51.6 Å². The van der Waals surface area contributed by atoms with Crippen LogP contribution in [0.1, 0.15) is 37.2 Å². The van der Waals surface area contributed by atoms with Crippen LogP contribution in [0.25, 0.3) is 0 Å². The van der Waals surface area contributed by atoms with Gasteiger partial charge in [-0.2, -0.15) is 0 Å². The molecule has 1 aliphatic rings. The van der Waals surface area contributed by atoms with Gasteiger partial charge in [-0.1, -0.05) is 0 Å². The summed E-state index contributed by atoms with van der Waals surface area (Å²) in [5.41, 5.74) is 0.374. The zero-order valence-electron chi connectivity index (χ0n) is 12.0. The number of nitrogens with zero attached hydrogens (tertiary/aromatic N) is 3. The molecular formula is C14H22N4O2. The topological polar surface area (TPSA) is 78.4 Å². The summed E-state index contributed by atoms with van der Waals surface area (Å²) >= 11 is 0. The Morgan fingerprint density at radius 2 is 2.20 bits per heavy atom. The fourth-order valence-electron chi connectivity index (χ4n) is 2.48. The van der Waals surface area contributed by atoms with Crippen LogP contribution in [0.5, 0.6) is 0 Å². The van der Waals surface area contributed by atoms with Gasteiger partial charge in [0.1, 0.15) is 11.5 Å². The number of rotatable bonds is 4. The number of anilines is 1. The molecule has 2 heterocycles. The Morgan fingerprint density at radius 3 is 2.80 bits per heavy atom. The smallest absolute Gasteiger partial charge is 0.274 e. The molecular weight excluding hydrogens is 256 g/mol. The quantitative estimate of drug-likeness (QED) is 0.863. The minimum Gasteiger partial charge on any atom is -0.393 e. The lowest BCUT2D eigenvalue weighted by molar-refractivity contribution is 0.0517. The lowest BCUT2D eigenvalue weighted by Crippen LogP contribution is -2.41. The normalized spacial score (nSPS) is 17.9. The minimum absolute atomic E-state index is 0.0821. The highest BCUT2D eigenvalue weighted by Crippen LogP contribution is 2.21. The van der Waals surface area contributed by atoms with Crippen molar-refractivity contribution in [2.75, 3.05) is 25.0 Å². The van der Waals surface area contributed by atoms with Crippen molar-refractivity contribution in [2.45, 2.75) is 32.8 Å². The third-order valence-corrected chi connectivity index (χ3v) is 3.72. The molecule has 1 atom stereocenters. The first kappa shape index (κ1) is 14.7. The Morgan fingerprint density at radius 1 is 1.50 bits per heavy atom. The number of carbonyl (C=O) groups is 1. The van der Waals surface area contributed by atoms with E-state index in [1.54, 1.807) is 11.1 Å². The summed E-state index contributed by atoms with van der Waals surface area (Å²) < 4.78 is 0. The van der Waals surface area contributed by atoms with Gasteiger partial charge < -0.3 is 15.3 Å². The second-order valence-corrected chi connectivity index (χ2v) is 5.19. The molecule has 1 fully saturated rings. The van der Waals surface area contributed by atoms with E-state index < -0.39 is 0 Å². The van der Waals surface area contributed by atoms with Gasteiger partial charge in [0.2, 0.25) is 0 Å². The zero-order chi connectivity index (χ0) is 14.5. The lowest BCUT2D eigenvalue weighted by Gasteiger charge is -2.33. The van der Waals surface area contributed by atoms with Crippen LogP contribution < -0.4 is 5.32 Å².